The molecular formula is C21H43Sn2. The maximum absolute atomic E-state index is 2.08. The molecule has 0 aromatic rings. The van der Waals surface area contributed by atoms with Gasteiger partial charge in [-0.25, -0.2) is 0 Å². The van der Waals surface area contributed by atoms with E-state index in [1.165, 1.54) is 23.7 Å². The molecule has 2 heteroatoms. The predicted molar refractivity (Wildman–Crippen MR) is 117 cm³/mol. The molecule has 23 heavy (non-hydrogen) atoms. The van der Waals surface area contributed by atoms with Crippen LogP contribution in [-0.4, -0.2) is 47.8 Å². The Balaban J connectivity index is -0.0000000293. The molecule has 0 saturated heterocycles. The Bertz CT molecular complexity index is 163. The predicted octanol–water partition coefficient (Wildman–Crippen LogP) is 7.28. The Labute approximate surface area is 185 Å². The topological polar surface area (TPSA) is 0 Å². The van der Waals surface area contributed by atoms with Gasteiger partial charge >= 0.3 is 0 Å². The molecule has 0 fully saturated rings. The van der Waals surface area contributed by atoms with Crippen molar-refractivity contribution in [2.24, 2.45) is 0 Å². The third-order valence-electron chi connectivity index (χ3n) is 0.556. The molecule has 0 aromatic carbocycles. The Hall–Kier alpha value is 1.08. The summed E-state index contributed by atoms with van der Waals surface area (Å²) in [6.07, 6.45) is 10.0. The van der Waals surface area contributed by atoms with Crippen LogP contribution in [0.15, 0.2) is 24.3 Å². The molecule has 0 spiro atoms. The van der Waals surface area contributed by atoms with E-state index >= 15 is 0 Å². The molecule has 0 bridgehead atoms. The summed E-state index contributed by atoms with van der Waals surface area (Å²) in [4.78, 5) is 0. The summed E-state index contributed by atoms with van der Waals surface area (Å²) in [5, 5.41) is 0. The van der Waals surface area contributed by atoms with E-state index in [1.54, 1.807) is 0 Å². The minimum Gasteiger partial charge on any atom is -0.0767 e. The Morgan fingerprint density at radius 2 is 0.522 bits per heavy atom. The van der Waals surface area contributed by atoms with Crippen molar-refractivity contribution in [1.29, 1.82) is 0 Å². The van der Waals surface area contributed by atoms with Crippen molar-refractivity contribution >= 4 is 47.8 Å². The molecule has 0 atom stereocenters. The minimum atomic E-state index is 0. The fourth-order valence-electron chi connectivity index (χ4n) is 0.321. The largest absolute Gasteiger partial charge is 0.0767 e. The molecule has 0 nitrogen and oxygen atoms in total. The zero-order valence-corrected chi connectivity index (χ0v) is 23.6. The quantitative estimate of drug-likeness (QED) is 0.288. The van der Waals surface area contributed by atoms with Crippen LogP contribution in [0.2, 0.25) is 0 Å². The molecule has 13 radical (unpaired) electrons. The summed E-state index contributed by atoms with van der Waals surface area (Å²) in [6, 6.07) is 0. The van der Waals surface area contributed by atoms with Crippen molar-refractivity contribution in [3.63, 3.8) is 0 Å². The first-order chi connectivity index (χ1) is 9.43. The van der Waals surface area contributed by atoms with Crippen LogP contribution in [-0.2, 0) is 0 Å². The molecule has 0 saturated carbocycles. The average molecular weight is 533 g/mol. The minimum absolute atomic E-state index is 0. The van der Waals surface area contributed by atoms with Gasteiger partial charge in [0.05, 0.1) is 0 Å². The van der Waals surface area contributed by atoms with E-state index in [4.69, 9.17) is 0 Å². The summed E-state index contributed by atoms with van der Waals surface area (Å²) in [5.41, 5.74) is 0. The van der Waals surface area contributed by atoms with Crippen LogP contribution in [0.1, 0.15) is 84.5 Å². The molecule has 0 unspecified atom stereocenters. The van der Waals surface area contributed by atoms with Gasteiger partial charge in [-0.2, -0.15) is 0 Å². The van der Waals surface area contributed by atoms with Crippen molar-refractivity contribution in [1.82, 2.24) is 0 Å². The van der Waals surface area contributed by atoms with Crippen LogP contribution in [0.5, 0.6) is 0 Å². The van der Waals surface area contributed by atoms with Gasteiger partial charge in [-0.1, -0.05) is 107 Å². The van der Waals surface area contributed by atoms with Crippen molar-refractivity contribution in [3.05, 3.63) is 54.4 Å². The smallest absolute Gasteiger partial charge is 0.00506 e. The molecule has 1 aliphatic carbocycles. The van der Waals surface area contributed by atoms with Gasteiger partial charge in [0.25, 0.3) is 0 Å². The second kappa shape index (κ2) is 34.4. The number of rotatable bonds is 0. The van der Waals surface area contributed by atoms with Crippen LogP contribution in [0, 0.1) is 30.1 Å². The zero-order valence-electron chi connectivity index (χ0n) is 17.9. The molecule has 1 rings (SSSR count). The van der Waals surface area contributed by atoms with Gasteiger partial charge in [0, 0.05) is 55.7 Å². The van der Waals surface area contributed by atoms with Gasteiger partial charge < -0.3 is 0 Å². The summed E-state index contributed by atoms with van der Waals surface area (Å²) in [6.45, 7) is 25.0. The fraction of sp³-hybridized carbons (Fsp3) is 0.571. The maximum Gasteiger partial charge on any atom is 0.00506 e. The van der Waals surface area contributed by atoms with Crippen molar-refractivity contribution in [2.75, 3.05) is 0 Å². The summed E-state index contributed by atoms with van der Waals surface area (Å²) in [7, 11) is 0. The van der Waals surface area contributed by atoms with Gasteiger partial charge in [-0.05, 0) is 23.7 Å². The van der Waals surface area contributed by atoms with E-state index in [2.05, 4.69) is 83.1 Å². The van der Waals surface area contributed by atoms with Crippen LogP contribution in [0.25, 0.3) is 0 Å². The van der Waals surface area contributed by atoms with Gasteiger partial charge in [-0.15, -0.1) is 0 Å². The zero-order chi connectivity index (χ0) is 17.8. The molecule has 0 N–H and O–H groups in total. The average Bonchev–Trinajstić information content (AvgIpc) is 2.68. The Morgan fingerprint density at radius 1 is 0.391 bits per heavy atom. The third-order valence-corrected chi connectivity index (χ3v) is 0.556. The van der Waals surface area contributed by atoms with E-state index in [9.17, 15) is 0 Å². The summed E-state index contributed by atoms with van der Waals surface area (Å²) < 4.78 is 0. The van der Waals surface area contributed by atoms with E-state index in [0.29, 0.717) is 0 Å². The Morgan fingerprint density at radius 3 is 0.565 bits per heavy atom. The summed E-state index contributed by atoms with van der Waals surface area (Å²) in [5.74, 6) is 5.67. The third kappa shape index (κ3) is 278. The van der Waals surface area contributed by atoms with E-state index in [0.717, 1.165) is 0 Å². The standard InChI is InChI=1S/C5H5.4C4H9.2Sn.H2/c1-2-4-5-3-1;4*1-4(2)3;;;/h1-5H;4*1-3H3;;;1H. The molecule has 0 aromatic heterocycles. The molecule has 0 amide bonds. The maximum atomic E-state index is 2.08. The first-order valence-corrected chi connectivity index (χ1v) is 7.67. The van der Waals surface area contributed by atoms with E-state index in [1.807, 2.05) is 30.7 Å². The first kappa shape index (κ1) is 39.2. The van der Waals surface area contributed by atoms with E-state index in [-0.39, 0.29) is 49.2 Å². The number of hydrogen-bond donors (Lipinski definition) is 0. The van der Waals surface area contributed by atoms with Crippen LogP contribution in [0.4, 0.5) is 0 Å². The van der Waals surface area contributed by atoms with Gasteiger partial charge in [-0.3, -0.25) is 0 Å². The normalized spacial score (nSPS) is 10.1. The van der Waals surface area contributed by atoms with Crippen molar-refractivity contribution in [2.45, 2.75) is 83.1 Å². The monoisotopic (exact) mass is 535 g/mol. The van der Waals surface area contributed by atoms with Gasteiger partial charge in [0.1, 0.15) is 0 Å². The number of hydrogen-bond acceptors (Lipinski definition) is 0. The summed E-state index contributed by atoms with van der Waals surface area (Å²) >= 11 is 0. The van der Waals surface area contributed by atoms with Crippen molar-refractivity contribution < 1.29 is 1.43 Å². The van der Waals surface area contributed by atoms with Gasteiger partial charge in [0.15, 0.2) is 0 Å². The fourth-order valence-corrected chi connectivity index (χ4v) is 0.321. The van der Waals surface area contributed by atoms with Crippen LogP contribution >= 0.6 is 0 Å². The SMILES string of the molecule is C[C](C)C.C[C](C)C.C[C](C)C.C[C](C)C.[CH]1C=CC=C1.[HH].[Sn].[Sn]. The second-order valence-electron chi connectivity index (χ2n) is 6.96. The number of allylic oxidation sites excluding steroid dienone is 4. The first-order valence-electron chi connectivity index (χ1n) is 7.67. The van der Waals surface area contributed by atoms with E-state index < -0.39 is 0 Å². The Kier molecular flexibility index (Phi) is 58.7. The molecule has 0 aliphatic heterocycles. The second-order valence-corrected chi connectivity index (χ2v) is 6.96. The van der Waals surface area contributed by atoms with Crippen LogP contribution < -0.4 is 0 Å². The molecular weight excluding hydrogens is 490 g/mol. The van der Waals surface area contributed by atoms with Gasteiger partial charge in [0.2, 0.25) is 0 Å². The van der Waals surface area contributed by atoms with Crippen LogP contribution in [0.3, 0.4) is 0 Å². The van der Waals surface area contributed by atoms with Crippen molar-refractivity contribution in [3.8, 4) is 0 Å². The molecule has 0 heterocycles. The molecule has 135 valence electrons. The molecule has 1 aliphatic rings.